The lowest BCUT2D eigenvalue weighted by molar-refractivity contribution is -0.192. The van der Waals surface area contributed by atoms with Gasteiger partial charge in [0.05, 0.1) is 0 Å². The zero-order valence-electron chi connectivity index (χ0n) is 25.6. The number of amides is 2. The molecule has 2 saturated carbocycles. The molecule has 14 heteroatoms. The molecule has 10 nitrogen and oxygen atoms in total. The van der Waals surface area contributed by atoms with Crippen LogP contribution >= 0.6 is 0 Å². The van der Waals surface area contributed by atoms with Crippen LogP contribution in [0.5, 0.6) is 0 Å². The molecule has 5 rings (SSSR count). The monoisotopic (exact) mass is 654 g/mol. The summed E-state index contributed by atoms with van der Waals surface area (Å²) in [5.74, 6) is -1.64. The number of piperidine rings is 1. The highest BCUT2D eigenvalue weighted by Gasteiger charge is 2.48. The molecule has 45 heavy (non-hydrogen) atoms. The number of aliphatic imine (C=N–C) groups is 1. The van der Waals surface area contributed by atoms with E-state index >= 15 is 0 Å². The number of hydrogen-bond acceptors (Lipinski definition) is 6. The van der Waals surface area contributed by atoms with E-state index in [4.69, 9.17) is 14.9 Å². The molecule has 2 aliphatic heterocycles. The maximum atomic E-state index is 13.2. The van der Waals surface area contributed by atoms with Crippen molar-refractivity contribution in [2.45, 2.75) is 102 Å². The summed E-state index contributed by atoms with van der Waals surface area (Å²) in [5, 5.41) is 11.4. The Balaban J connectivity index is 0.000000591. The highest BCUT2D eigenvalue weighted by molar-refractivity contribution is 7.92. The van der Waals surface area contributed by atoms with Crippen LogP contribution in [0.2, 0.25) is 0 Å². The molecular formula is C31H41F3N4O6S. The summed E-state index contributed by atoms with van der Waals surface area (Å²) in [7, 11) is -3.64. The van der Waals surface area contributed by atoms with Crippen molar-refractivity contribution in [2.24, 2.45) is 10.9 Å². The zero-order chi connectivity index (χ0) is 33.0. The number of nitrogens with zero attached hydrogens (tertiary/aromatic N) is 3. The Bertz CT molecular complexity index is 1440. The molecule has 0 unspecified atom stereocenters. The molecule has 1 saturated heterocycles. The van der Waals surface area contributed by atoms with Gasteiger partial charge in [0, 0.05) is 43.1 Å². The lowest BCUT2D eigenvalue weighted by atomic mass is 9.88. The Labute approximate surface area is 261 Å². The van der Waals surface area contributed by atoms with Crippen LogP contribution in [0.4, 0.5) is 18.9 Å². The van der Waals surface area contributed by atoms with Crippen LogP contribution in [0.15, 0.2) is 28.6 Å². The third kappa shape index (κ3) is 8.32. The SMILES string of the molecule is CC(=O)N(c1ccc(C=CS(=O)(=O)N2CCC3(CC2)N=C(C2CCCCC2)NC3=O)c(C)c1)C1CCCC1.O=C(O)C(F)(F)F. The quantitative estimate of drug-likeness (QED) is 0.435. The normalized spacial score (nSPS) is 21.4. The number of hydrogen-bond donors (Lipinski definition) is 2. The molecule has 0 aromatic heterocycles. The van der Waals surface area contributed by atoms with Crippen LogP contribution in [-0.4, -0.2) is 72.3 Å². The Morgan fingerprint density at radius 3 is 2.18 bits per heavy atom. The molecule has 3 fully saturated rings. The van der Waals surface area contributed by atoms with Gasteiger partial charge in [-0.15, -0.1) is 0 Å². The van der Waals surface area contributed by atoms with Crippen molar-refractivity contribution < 1.29 is 41.1 Å². The van der Waals surface area contributed by atoms with E-state index in [2.05, 4.69) is 5.32 Å². The number of benzene rings is 1. The molecule has 2 N–H and O–H groups in total. The number of rotatable bonds is 6. The van der Waals surface area contributed by atoms with Crippen molar-refractivity contribution in [2.75, 3.05) is 18.0 Å². The minimum Gasteiger partial charge on any atom is -0.475 e. The second-order valence-electron chi connectivity index (χ2n) is 12.2. The third-order valence-electron chi connectivity index (χ3n) is 9.12. The molecule has 2 amide bonds. The highest BCUT2D eigenvalue weighted by Crippen LogP contribution is 2.35. The van der Waals surface area contributed by atoms with E-state index in [1.165, 1.54) is 29.0 Å². The summed E-state index contributed by atoms with van der Waals surface area (Å²) >= 11 is 0. The Hall–Kier alpha value is -3.26. The van der Waals surface area contributed by atoms with Gasteiger partial charge in [0.15, 0.2) is 0 Å². The lowest BCUT2D eigenvalue weighted by Gasteiger charge is -2.34. The number of alkyl halides is 3. The van der Waals surface area contributed by atoms with Gasteiger partial charge in [0.2, 0.25) is 15.9 Å². The first-order valence-electron chi connectivity index (χ1n) is 15.4. The minimum absolute atomic E-state index is 0.0381. The van der Waals surface area contributed by atoms with E-state index in [-0.39, 0.29) is 30.9 Å². The number of carbonyl (C=O) groups is 3. The summed E-state index contributed by atoms with van der Waals surface area (Å²) in [6.07, 6.45) is 7.38. The van der Waals surface area contributed by atoms with Crippen molar-refractivity contribution in [3.05, 3.63) is 34.7 Å². The molecule has 0 bridgehead atoms. The van der Waals surface area contributed by atoms with Crippen molar-refractivity contribution in [3.8, 4) is 0 Å². The topological polar surface area (TPSA) is 136 Å². The summed E-state index contributed by atoms with van der Waals surface area (Å²) in [5.41, 5.74) is 1.77. The number of sulfonamides is 1. The Kier molecular flexibility index (Phi) is 10.8. The fourth-order valence-electron chi connectivity index (χ4n) is 6.62. The molecule has 1 spiro atoms. The summed E-state index contributed by atoms with van der Waals surface area (Å²) in [6.45, 7) is 4.09. The molecule has 0 radical (unpaired) electrons. The molecule has 2 aliphatic carbocycles. The van der Waals surface area contributed by atoms with E-state index in [9.17, 15) is 31.2 Å². The molecule has 1 aromatic carbocycles. The second-order valence-corrected chi connectivity index (χ2v) is 14.1. The van der Waals surface area contributed by atoms with Gasteiger partial charge in [-0.25, -0.2) is 13.2 Å². The van der Waals surface area contributed by atoms with E-state index in [1.807, 2.05) is 30.0 Å². The number of aliphatic carboxylic acids is 1. The average molecular weight is 655 g/mol. The first-order chi connectivity index (χ1) is 21.1. The zero-order valence-corrected chi connectivity index (χ0v) is 26.4. The molecule has 2 heterocycles. The number of aryl methyl sites for hydroxylation is 1. The van der Waals surface area contributed by atoms with Crippen LogP contribution < -0.4 is 10.2 Å². The second kappa shape index (κ2) is 14.0. The van der Waals surface area contributed by atoms with Gasteiger partial charge in [-0.3, -0.25) is 14.6 Å². The number of carboxylic acid groups (broad SMARTS) is 1. The predicted octanol–water partition coefficient (Wildman–Crippen LogP) is 5.17. The van der Waals surface area contributed by atoms with Crippen molar-refractivity contribution >= 4 is 45.4 Å². The standard InChI is InChI=1S/C29H40N4O4S.C2HF3O2/c1-21-20-26(33(22(2)34)25-10-6-7-11-25)13-12-23(21)14-19-38(36,37)32-17-15-29(16-18-32)28(35)30-27(31-29)24-8-4-3-5-9-24;3-2(4,5)1(6)7/h12-14,19-20,24-25H,3-11,15-18H2,1-2H3,(H,30,31,35);(H,6,7). The summed E-state index contributed by atoms with van der Waals surface area (Å²) in [4.78, 5) is 40.9. The number of halogens is 3. The van der Waals surface area contributed by atoms with Crippen LogP contribution in [0.3, 0.4) is 0 Å². The minimum atomic E-state index is -5.08. The van der Waals surface area contributed by atoms with Gasteiger partial charge in [-0.1, -0.05) is 38.2 Å². The van der Waals surface area contributed by atoms with Gasteiger partial charge in [0.25, 0.3) is 5.91 Å². The van der Waals surface area contributed by atoms with Gasteiger partial charge in [0.1, 0.15) is 11.4 Å². The van der Waals surface area contributed by atoms with E-state index in [1.54, 1.807) is 13.0 Å². The van der Waals surface area contributed by atoms with E-state index in [0.717, 1.165) is 61.2 Å². The molecule has 248 valence electrons. The third-order valence-corrected chi connectivity index (χ3v) is 10.7. The molecule has 4 aliphatic rings. The number of nitrogens with one attached hydrogen (secondary N) is 1. The number of anilines is 1. The first kappa shape index (κ1) is 34.6. The number of amidine groups is 1. The van der Waals surface area contributed by atoms with Gasteiger partial charge >= 0.3 is 12.1 Å². The molecular weight excluding hydrogens is 613 g/mol. The first-order valence-corrected chi connectivity index (χ1v) is 16.9. The molecule has 1 aromatic rings. The van der Waals surface area contributed by atoms with Crippen molar-refractivity contribution in [1.82, 2.24) is 9.62 Å². The smallest absolute Gasteiger partial charge is 0.475 e. The lowest BCUT2D eigenvalue weighted by Crippen LogP contribution is -2.50. The fraction of sp³-hybridized carbons (Fsp3) is 0.613. The van der Waals surface area contributed by atoms with E-state index < -0.39 is 27.7 Å². The Morgan fingerprint density at radius 1 is 1.07 bits per heavy atom. The van der Waals surface area contributed by atoms with Gasteiger partial charge < -0.3 is 15.3 Å². The van der Waals surface area contributed by atoms with Gasteiger partial charge in [-0.05, 0) is 74.8 Å². The fourth-order valence-corrected chi connectivity index (χ4v) is 7.80. The van der Waals surface area contributed by atoms with Crippen LogP contribution in [0, 0.1) is 12.8 Å². The predicted molar refractivity (Wildman–Crippen MR) is 164 cm³/mol. The van der Waals surface area contributed by atoms with Gasteiger partial charge in [-0.2, -0.15) is 17.5 Å². The van der Waals surface area contributed by atoms with Crippen LogP contribution in [0.25, 0.3) is 6.08 Å². The highest BCUT2D eigenvalue weighted by atomic mass is 32.2. The summed E-state index contributed by atoms with van der Waals surface area (Å²) < 4.78 is 59.5. The maximum Gasteiger partial charge on any atom is 0.490 e. The largest absolute Gasteiger partial charge is 0.490 e. The van der Waals surface area contributed by atoms with Crippen molar-refractivity contribution in [3.63, 3.8) is 0 Å². The van der Waals surface area contributed by atoms with E-state index in [0.29, 0.717) is 18.8 Å². The number of carbonyl (C=O) groups excluding carboxylic acids is 2. The van der Waals surface area contributed by atoms with Crippen molar-refractivity contribution in [1.29, 1.82) is 0 Å². The molecule has 0 atom stereocenters. The maximum absolute atomic E-state index is 13.2. The summed E-state index contributed by atoms with van der Waals surface area (Å²) in [6, 6.07) is 6.00. The van der Waals surface area contributed by atoms with Crippen LogP contribution in [0.1, 0.15) is 88.7 Å². The Morgan fingerprint density at radius 2 is 1.64 bits per heavy atom. The number of carboxylic acids is 1. The van der Waals surface area contributed by atoms with Crippen LogP contribution in [-0.2, 0) is 24.4 Å². The average Bonchev–Trinajstić information content (AvgIpc) is 3.61.